The van der Waals surface area contributed by atoms with Gasteiger partial charge in [-0.25, -0.2) is 0 Å². The highest BCUT2D eigenvalue weighted by Crippen LogP contribution is 2.16. The number of rotatable bonds is 4. The number of aryl methyl sites for hydroxylation is 1. The third-order valence-electron chi connectivity index (χ3n) is 1.62. The summed E-state index contributed by atoms with van der Waals surface area (Å²) >= 11 is 3.32. The first kappa shape index (κ1) is 10.2. The molecule has 1 N–H and O–H groups in total. The van der Waals surface area contributed by atoms with Crippen molar-refractivity contribution in [2.45, 2.75) is 26.3 Å². The number of carbonyl (C=O) groups is 1. The van der Waals surface area contributed by atoms with E-state index in [1.165, 1.54) is 0 Å². The van der Waals surface area contributed by atoms with E-state index in [4.69, 9.17) is 5.11 Å². The molecule has 0 radical (unpaired) electrons. The molecule has 5 heteroatoms. The number of carboxylic acids is 1. The molecule has 0 aromatic carbocycles. The minimum Gasteiger partial charge on any atom is -0.481 e. The molecule has 0 bridgehead atoms. The molecule has 13 heavy (non-hydrogen) atoms. The van der Waals surface area contributed by atoms with Crippen molar-refractivity contribution in [3.63, 3.8) is 0 Å². The molecule has 0 saturated heterocycles. The van der Waals surface area contributed by atoms with E-state index in [1.807, 2.05) is 6.92 Å². The Morgan fingerprint density at radius 1 is 1.77 bits per heavy atom. The zero-order valence-corrected chi connectivity index (χ0v) is 8.91. The second-order valence-corrected chi connectivity index (χ2v) is 3.51. The van der Waals surface area contributed by atoms with Crippen LogP contribution in [0.4, 0.5) is 0 Å². The van der Waals surface area contributed by atoms with E-state index in [0.29, 0.717) is 0 Å². The molecule has 0 amide bonds. The van der Waals surface area contributed by atoms with Gasteiger partial charge in [0.25, 0.3) is 0 Å². The summed E-state index contributed by atoms with van der Waals surface area (Å²) in [5.74, 6) is -0.836. The van der Waals surface area contributed by atoms with Crippen LogP contribution in [0.3, 0.4) is 0 Å². The Morgan fingerprint density at radius 2 is 2.46 bits per heavy atom. The molecule has 0 spiro atoms. The molecule has 4 nitrogen and oxygen atoms in total. The van der Waals surface area contributed by atoms with E-state index in [0.717, 1.165) is 23.1 Å². The van der Waals surface area contributed by atoms with Crippen LogP contribution in [0.1, 0.15) is 18.9 Å². The standard InChI is InChI=1S/C8H11BrN2O2/c1-2-3-11-8(9)6(5-10-11)4-7(12)13/h5H,2-4H2,1H3,(H,12,13). The number of carboxylic acid groups (broad SMARTS) is 1. The van der Waals surface area contributed by atoms with Crippen LogP contribution >= 0.6 is 15.9 Å². The Bertz CT molecular complexity index is 309. The largest absolute Gasteiger partial charge is 0.481 e. The van der Waals surface area contributed by atoms with E-state index in [2.05, 4.69) is 21.0 Å². The molecule has 1 rings (SSSR count). The normalized spacial score (nSPS) is 10.3. The lowest BCUT2D eigenvalue weighted by Gasteiger charge is -1.99. The molecule has 0 fully saturated rings. The van der Waals surface area contributed by atoms with Gasteiger partial charge in [-0.3, -0.25) is 9.48 Å². The van der Waals surface area contributed by atoms with E-state index in [-0.39, 0.29) is 6.42 Å². The van der Waals surface area contributed by atoms with Crippen molar-refractivity contribution in [3.05, 3.63) is 16.4 Å². The molecule has 0 unspecified atom stereocenters. The van der Waals surface area contributed by atoms with Gasteiger partial charge < -0.3 is 5.11 Å². The zero-order valence-electron chi connectivity index (χ0n) is 7.33. The van der Waals surface area contributed by atoms with Crippen molar-refractivity contribution < 1.29 is 9.90 Å². The summed E-state index contributed by atoms with van der Waals surface area (Å²) in [4.78, 5) is 10.4. The highest BCUT2D eigenvalue weighted by molar-refractivity contribution is 9.10. The third-order valence-corrected chi connectivity index (χ3v) is 2.54. The molecule has 72 valence electrons. The van der Waals surface area contributed by atoms with Gasteiger partial charge in [0.2, 0.25) is 0 Å². The average molecular weight is 247 g/mol. The maximum atomic E-state index is 10.4. The fourth-order valence-electron chi connectivity index (χ4n) is 1.06. The second kappa shape index (κ2) is 4.41. The quantitative estimate of drug-likeness (QED) is 0.880. The Hall–Kier alpha value is -0.840. The molecular formula is C8H11BrN2O2. The van der Waals surface area contributed by atoms with Gasteiger partial charge in [-0.1, -0.05) is 6.92 Å². The zero-order chi connectivity index (χ0) is 9.84. The Morgan fingerprint density at radius 3 is 3.00 bits per heavy atom. The summed E-state index contributed by atoms with van der Waals surface area (Å²) in [5.41, 5.74) is 0.723. The predicted molar refractivity (Wildman–Crippen MR) is 51.6 cm³/mol. The van der Waals surface area contributed by atoms with Crippen molar-refractivity contribution in [2.24, 2.45) is 0 Å². The molecule has 1 aromatic heterocycles. The van der Waals surface area contributed by atoms with Crippen LogP contribution in [0.15, 0.2) is 10.8 Å². The topological polar surface area (TPSA) is 55.1 Å². The van der Waals surface area contributed by atoms with E-state index >= 15 is 0 Å². The maximum Gasteiger partial charge on any atom is 0.307 e. The van der Waals surface area contributed by atoms with Crippen molar-refractivity contribution in [1.82, 2.24) is 9.78 Å². The van der Waals surface area contributed by atoms with Gasteiger partial charge >= 0.3 is 5.97 Å². The number of hydrogen-bond acceptors (Lipinski definition) is 2. The van der Waals surface area contributed by atoms with Crippen LogP contribution < -0.4 is 0 Å². The molecule has 1 heterocycles. The van der Waals surface area contributed by atoms with Gasteiger partial charge in [0.05, 0.1) is 12.6 Å². The number of aliphatic carboxylic acids is 1. The first-order valence-electron chi connectivity index (χ1n) is 4.07. The first-order chi connectivity index (χ1) is 6.15. The summed E-state index contributed by atoms with van der Waals surface area (Å²) in [6.45, 7) is 2.85. The van der Waals surface area contributed by atoms with E-state index in [1.54, 1.807) is 10.9 Å². The fraction of sp³-hybridized carbons (Fsp3) is 0.500. The van der Waals surface area contributed by atoms with Gasteiger partial charge in [-0.15, -0.1) is 0 Å². The van der Waals surface area contributed by atoms with Gasteiger partial charge in [-0.05, 0) is 22.4 Å². The van der Waals surface area contributed by atoms with Gasteiger partial charge in [0.1, 0.15) is 4.60 Å². The van der Waals surface area contributed by atoms with Crippen LogP contribution in [0, 0.1) is 0 Å². The molecule has 1 aromatic rings. The van der Waals surface area contributed by atoms with Crippen LogP contribution in [-0.4, -0.2) is 20.9 Å². The van der Waals surface area contributed by atoms with Crippen LogP contribution in [0.2, 0.25) is 0 Å². The maximum absolute atomic E-state index is 10.4. The Balaban J connectivity index is 2.79. The summed E-state index contributed by atoms with van der Waals surface area (Å²) in [5, 5.41) is 12.6. The molecule has 0 aliphatic heterocycles. The highest BCUT2D eigenvalue weighted by atomic mass is 79.9. The molecule has 0 aliphatic rings. The summed E-state index contributed by atoms with van der Waals surface area (Å²) in [7, 11) is 0. The molecular weight excluding hydrogens is 236 g/mol. The first-order valence-corrected chi connectivity index (χ1v) is 4.86. The molecule has 0 aliphatic carbocycles. The van der Waals surface area contributed by atoms with Crippen molar-refractivity contribution in [1.29, 1.82) is 0 Å². The minimum atomic E-state index is -0.836. The number of aromatic nitrogens is 2. The van der Waals surface area contributed by atoms with Crippen molar-refractivity contribution in [2.75, 3.05) is 0 Å². The summed E-state index contributed by atoms with van der Waals surface area (Å²) in [6, 6.07) is 0. The lowest BCUT2D eigenvalue weighted by molar-refractivity contribution is -0.136. The Kier molecular flexibility index (Phi) is 3.48. The summed E-state index contributed by atoms with van der Waals surface area (Å²) in [6.07, 6.45) is 2.59. The van der Waals surface area contributed by atoms with Crippen molar-refractivity contribution >= 4 is 21.9 Å². The third kappa shape index (κ3) is 2.55. The van der Waals surface area contributed by atoms with Crippen LogP contribution in [0.25, 0.3) is 0 Å². The van der Waals surface area contributed by atoms with Crippen molar-refractivity contribution in [3.8, 4) is 0 Å². The van der Waals surface area contributed by atoms with Crippen LogP contribution in [0.5, 0.6) is 0 Å². The highest BCUT2D eigenvalue weighted by Gasteiger charge is 2.10. The minimum absolute atomic E-state index is 0.0182. The number of nitrogens with zero attached hydrogens (tertiary/aromatic N) is 2. The predicted octanol–water partition coefficient (Wildman–Crippen LogP) is 1.68. The lowest BCUT2D eigenvalue weighted by atomic mass is 10.3. The monoisotopic (exact) mass is 246 g/mol. The van der Waals surface area contributed by atoms with Gasteiger partial charge in [-0.2, -0.15) is 5.10 Å². The van der Waals surface area contributed by atoms with Gasteiger partial charge in [0.15, 0.2) is 0 Å². The molecule has 0 saturated carbocycles. The number of halogens is 1. The second-order valence-electron chi connectivity index (χ2n) is 2.75. The summed E-state index contributed by atoms with van der Waals surface area (Å²) < 4.78 is 2.54. The van der Waals surface area contributed by atoms with E-state index in [9.17, 15) is 4.79 Å². The fourth-order valence-corrected chi connectivity index (χ4v) is 1.57. The lowest BCUT2D eigenvalue weighted by Crippen LogP contribution is -2.02. The number of hydrogen-bond donors (Lipinski definition) is 1. The van der Waals surface area contributed by atoms with Crippen LogP contribution in [-0.2, 0) is 17.8 Å². The Labute approximate surface area is 84.7 Å². The molecule has 0 atom stereocenters. The smallest absolute Gasteiger partial charge is 0.307 e. The SMILES string of the molecule is CCCn1ncc(CC(=O)O)c1Br. The van der Waals surface area contributed by atoms with Gasteiger partial charge in [0, 0.05) is 12.1 Å². The van der Waals surface area contributed by atoms with E-state index < -0.39 is 5.97 Å². The average Bonchev–Trinajstić information content (AvgIpc) is 2.36.